The number of nitrogens with zero attached hydrogens (tertiary/aromatic N) is 2. The standard InChI is InChI=1S/C23H24N4O4S/c1-5-31-22(30)18-10-11-19(25-14(18)3)21(29)27-23-26-20(12-32-23)17-8-6-16(7-9-17)13(2)24-15(4)28/h6-13H,5H2,1-4H3,(H,24,28)(H,26,27,29). The van der Waals surface area contributed by atoms with E-state index in [0.717, 1.165) is 16.8 Å². The molecule has 1 unspecified atom stereocenters. The third kappa shape index (κ3) is 5.55. The zero-order valence-corrected chi connectivity index (χ0v) is 19.1. The van der Waals surface area contributed by atoms with E-state index in [9.17, 15) is 14.4 Å². The molecule has 2 heterocycles. The van der Waals surface area contributed by atoms with Crippen molar-refractivity contribution in [3.63, 3.8) is 0 Å². The first-order valence-electron chi connectivity index (χ1n) is 10.1. The Bertz CT molecular complexity index is 1140. The molecule has 1 atom stereocenters. The Kier molecular flexibility index (Phi) is 7.32. The Morgan fingerprint density at radius 2 is 1.81 bits per heavy atom. The second-order valence-electron chi connectivity index (χ2n) is 7.09. The van der Waals surface area contributed by atoms with E-state index in [2.05, 4.69) is 20.6 Å². The number of rotatable bonds is 7. The number of hydrogen-bond acceptors (Lipinski definition) is 7. The van der Waals surface area contributed by atoms with Gasteiger partial charge in [0, 0.05) is 17.9 Å². The van der Waals surface area contributed by atoms with Crippen LogP contribution in [0.5, 0.6) is 0 Å². The van der Waals surface area contributed by atoms with Gasteiger partial charge in [0.25, 0.3) is 5.91 Å². The third-order valence-electron chi connectivity index (χ3n) is 4.66. The molecule has 2 amide bonds. The predicted molar refractivity (Wildman–Crippen MR) is 123 cm³/mol. The number of nitrogens with one attached hydrogen (secondary N) is 2. The summed E-state index contributed by atoms with van der Waals surface area (Å²) >= 11 is 1.30. The van der Waals surface area contributed by atoms with E-state index in [1.54, 1.807) is 13.8 Å². The first-order valence-corrected chi connectivity index (χ1v) is 11.0. The lowest BCUT2D eigenvalue weighted by Crippen LogP contribution is -2.23. The molecule has 0 aliphatic heterocycles. The average molecular weight is 453 g/mol. The summed E-state index contributed by atoms with van der Waals surface area (Å²) in [5, 5.41) is 7.88. The van der Waals surface area contributed by atoms with E-state index in [1.807, 2.05) is 36.6 Å². The molecule has 0 fully saturated rings. The van der Waals surface area contributed by atoms with Gasteiger partial charge in [0.05, 0.1) is 29.6 Å². The molecule has 8 nitrogen and oxygen atoms in total. The topological polar surface area (TPSA) is 110 Å². The van der Waals surface area contributed by atoms with Crippen LogP contribution in [-0.4, -0.2) is 34.4 Å². The molecule has 1 aromatic carbocycles. The fourth-order valence-electron chi connectivity index (χ4n) is 3.07. The van der Waals surface area contributed by atoms with Crippen LogP contribution in [0.3, 0.4) is 0 Å². The number of thiazole rings is 1. The SMILES string of the molecule is CCOC(=O)c1ccc(C(=O)Nc2nc(-c3ccc(C(C)NC(C)=O)cc3)cs2)nc1C. The summed E-state index contributed by atoms with van der Waals surface area (Å²) < 4.78 is 4.98. The minimum Gasteiger partial charge on any atom is -0.462 e. The molecule has 166 valence electrons. The van der Waals surface area contributed by atoms with Crippen molar-refractivity contribution in [1.82, 2.24) is 15.3 Å². The summed E-state index contributed by atoms with van der Waals surface area (Å²) in [6.45, 7) is 7.06. The van der Waals surface area contributed by atoms with E-state index in [4.69, 9.17) is 4.74 Å². The van der Waals surface area contributed by atoms with Crippen LogP contribution in [0.25, 0.3) is 11.3 Å². The van der Waals surface area contributed by atoms with Gasteiger partial charge < -0.3 is 10.1 Å². The van der Waals surface area contributed by atoms with Gasteiger partial charge in [-0.25, -0.2) is 14.8 Å². The number of aromatic nitrogens is 2. The number of aryl methyl sites for hydroxylation is 1. The highest BCUT2D eigenvalue weighted by molar-refractivity contribution is 7.14. The quantitative estimate of drug-likeness (QED) is 0.521. The number of pyridine rings is 1. The van der Waals surface area contributed by atoms with Crippen molar-refractivity contribution in [2.24, 2.45) is 0 Å². The van der Waals surface area contributed by atoms with Gasteiger partial charge in [-0.3, -0.25) is 14.9 Å². The number of carbonyl (C=O) groups is 3. The number of ether oxygens (including phenoxy) is 1. The van der Waals surface area contributed by atoms with Gasteiger partial charge in [0.2, 0.25) is 5.91 Å². The number of carbonyl (C=O) groups excluding carboxylic acids is 3. The second-order valence-corrected chi connectivity index (χ2v) is 7.94. The molecule has 9 heteroatoms. The van der Waals surface area contributed by atoms with Gasteiger partial charge in [-0.15, -0.1) is 11.3 Å². The molecule has 2 aromatic heterocycles. The van der Waals surface area contributed by atoms with Gasteiger partial charge >= 0.3 is 5.97 Å². The van der Waals surface area contributed by atoms with Crippen molar-refractivity contribution in [1.29, 1.82) is 0 Å². The van der Waals surface area contributed by atoms with Crippen molar-refractivity contribution < 1.29 is 19.1 Å². The average Bonchev–Trinajstić information content (AvgIpc) is 3.21. The zero-order valence-electron chi connectivity index (χ0n) is 18.3. The maximum absolute atomic E-state index is 12.6. The molecule has 3 rings (SSSR count). The van der Waals surface area contributed by atoms with Gasteiger partial charge in [-0.05, 0) is 38.5 Å². The maximum Gasteiger partial charge on any atom is 0.339 e. The highest BCUT2D eigenvalue weighted by atomic mass is 32.1. The Morgan fingerprint density at radius 3 is 2.44 bits per heavy atom. The van der Waals surface area contributed by atoms with Crippen LogP contribution >= 0.6 is 11.3 Å². The number of esters is 1. The lowest BCUT2D eigenvalue weighted by Gasteiger charge is -2.13. The van der Waals surface area contributed by atoms with Gasteiger partial charge in [0.1, 0.15) is 5.69 Å². The van der Waals surface area contributed by atoms with Crippen LogP contribution in [0.4, 0.5) is 5.13 Å². The van der Waals surface area contributed by atoms with Crippen molar-refractivity contribution in [3.8, 4) is 11.3 Å². The van der Waals surface area contributed by atoms with Crippen molar-refractivity contribution in [2.45, 2.75) is 33.7 Å². The minimum atomic E-state index is -0.466. The molecule has 3 aromatic rings. The summed E-state index contributed by atoms with van der Waals surface area (Å²) in [5.74, 6) is -0.961. The summed E-state index contributed by atoms with van der Waals surface area (Å²) in [4.78, 5) is 44.4. The molecule has 2 N–H and O–H groups in total. The van der Waals surface area contributed by atoms with E-state index >= 15 is 0 Å². The van der Waals surface area contributed by atoms with Crippen molar-refractivity contribution in [2.75, 3.05) is 11.9 Å². The van der Waals surface area contributed by atoms with Crippen molar-refractivity contribution >= 4 is 34.3 Å². The van der Waals surface area contributed by atoms with E-state index in [-0.39, 0.29) is 24.2 Å². The van der Waals surface area contributed by atoms with Gasteiger partial charge in [-0.2, -0.15) is 0 Å². The minimum absolute atomic E-state index is 0.0818. The fraction of sp³-hybridized carbons (Fsp3) is 0.261. The van der Waals surface area contributed by atoms with Gasteiger partial charge in [0.15, 0.2) is 5.13 Å². The predicted octanol–water partition coefficient (Wildman–Crippen LogP) is 4.14. The number of anilines is 1. The van der Waals surface area contributed by atoms with Crippen LogP contribution in [-0.2, 0) is 9.53 Å². The van der Waals surface area contributed by atoms with Crippen molar-refractivity contribution in [3.05, 3.63) is 64.3 Å². The third-order valence-corrected chi connectivity index (χ3v) is 5.42. The highest BCUT2D eigenvalue weighted by Crippen LogP contribution is 2.26. The lowest BCUT2D eigenvalue weighted by molar-refractivity contribution is -0.119. The molecule has 0 bridgehead atoms. The second kappa shape index (κ2) is 10.1. The van der Waals surface area contributed by atoms with Crippen LogP contribution in [0.2, 0.25) is 0 Å². The number of hydrogen-bond donors (Lipinski definition) is 2. The van der Waals surface area contributed by atoms with Crippen LogP contribution in [0.1, 0.15) is 58.9 Å². The van der Waals surface area contributed by atoms with E-state index in [0.29, 0.717) is 16.4 Å². The normalized spacial score (nSPS) is 11.5. The van der Waals surface area contributed by atoms with E-state index < -0.39 is 11.9 Å². The van der Waals surface area contributed by atoms with Crippen LogP contribution < -0.4 is 10.6 Å². The molecule has 0 aliphatic carbocycles. The molecule has 0 aliphatic rings. The molecule has 0 saturated carbocycles. The Hall–Kier alpha value is -3.59. The largest absolute Gasteiger partial charge is 0.462 e. The summed E-state index contributed by atoms with van der Waals surface area (Å²) in [6.07, 6.45) is 0. The number of benzene rings is 1. The Morgan fingerprint density at radius 1 is 1.09 bits per heavy atom. The lowest BCUT2D eigenvalue weighted by atomic mass is 10.1. The smallest absolute Gasteiger partial charge is 0.339 e. The first kappa shape index (κ1) is 23.1. The van der Waals surface area contributed by atoms with Gasteiger partial charge in [-0.1, -0.05) is 24.3 Å². The number of amides is 2. The summed E-state index contributed by atoms with van der Waals surface area (Å²) in [6, 6.07) is 10.7. The molecular formula is C23H24N4O4S. The van der Waals surface area contributed by atoms with E-state index in [1.165, 1.54) is 30.4 Å². The highest BCUT2D eigenvalue weighted by Gasteiger charge is 2.16. The maximum atomic E-state index is 12.6. The molecule has 32 heavy (non-hydrogen) atoms. The van der Waals surface area contributed by atoms with Crippen LogP contribution in [0.15, 0.2) is 41.8 Å². The Balaban J connectivity index is 1.68. The van der Waals surface area contributed by atoms with Crippen LogP contribution in [0, 0.1) is 6.92 Å². The monoisotopic (exact) mass is 452 g/mol. The first-order chi connectivity index (χ1) is 15.3. The molecule has 0 radical (unpaired) electrons. The fourth-order valence-corrected chi connectivity index (χ4v) is 3.78. The summed E-state index contributed by atoms with van der Waals surface area (Å²) in [5.41, 5.74) is 3.55. The molecule has 0 saturated heterocycles. The summed E-state index contributed by atoms with van der Waals surface area (Å²) in [7, 11) is 0. The zero-order chi connectivity index (χ0) is 23.3. The molecular weight excluding hydrogens is 428 g/mol. The Labute approximate surface area is 190 Å². The molecule has 0 spiro atoms.